The molecule has 0 spiro atoms. The van der Waals surface area contributed by atoms with E-state index < -0.39 is 6.36 Å². The Morgan fingerprint density at radius 3 is 2.38 bits per heavy atom. The third-order valence-corrected chi connectivity index (χ3v) is 3.36. The van der Waals surface area contributed by atoms with Crippen molar-refractivity contribution in [3.8, 4) is 11.5 Å². The minimum atomic E-state index is -4.69. The van der Waals surface area contributed by atoms with Crippen molar-refractivity contribution in [1.29, 1.82) is 0 Å². The van der Waals surface area contributed by atoms with E-state index in [2.05, 4.69) is 4.74 Å². The number of ether oxygens (including phenoxy) is 2. The molecule has 2 rings (SSSR count). The van der Waals surface area contributed by atoms with Crippen LogP contribution in [0.1, 0.15) is 5.56 Å². The van der Waals surface area contributed by atoms with E-state index in [0.717, 1.165) is 5.56 Å². The van der Waals surface area contributed by atoms with Crippen LogP contribution in [0, 0.1) is 0 Å². The predicted molar refractivity (Wildman–Crippen MR) is 75.7 cm³/mol. The first-order chi connectivity index (χ1) is 9.98. The van der Waals surface area contributed by atoms with Crippen LogP contribution in [0.5, 0.6) is 11.5 Å². The maximum atomic E-state index is 12.2. The number of alkyl halides is 3. The van der Waals surface area contributed by atoms with Crippen LogP contribution >= 0.6 is 11.8 Å². The van der Waals surface area contributed by atoms with Gasteiger partial charge >= 0.3 is 6.36 Å². The summed E-state index contributed by atoms with van der Waals surface area (Å²) in [6.07, 6.45) is -2.93. The Hall–Kier alpha value is -1.82. The van der Waals surface area contributed by atoms with Crippen molar-refractivity contribution in [2.75, 3.05) is 6.26 Å². The van der Waals surface area contributed by atoms with Gasteiger partial charge in [0, 0.05) is 0 Å². The van der Waals surface area contributed by atoms with Gasteiger partial charge in [-0.25, -0.2) is 0 Å². The second-order valence-electron chi connectivity index (χ2n) is 4.13. The lowest BCUT2D eigenvalue weighted by Crippen LogP contribution is -2.17. The number of thioether (sulfide) groups is 1. The Morgan fingerprint density at radius 1 is 1.05 bits per heavy atom. The van der Waals surface area contributed by atoms with Gasteiger partial charge in [0.15, 0.2) is 0 Å². The number of benzene rings is 2. The van der Waals surface area contributed by atoms with E-state index in [1.54, 1.807) is 6.26 Å². The molecule has 0 saturated carbocycles. The molecule has 0 radical (unpaired) electrons. The fourth-order valence-electron chi connectivity index (χ4n) is 1.70. The van der Waals surface area contributed by atoms with Crippen molar-refractivity contribution >= 4 is 11.8 Å². The summed E-state index contributed by atoms with van der Waals surface area (Å²) in [7, 11) is 0. The normalized spacial score (nSPS) is 11.2. The van der Waals surface area contributed by atoms with Crippen molar-refractivity contribution in [3.05, 3.63) is 54.1 Å². The van der Waals surface area contributed by atoms with E-state index in [1.807, 2.05) is 30.3 Å². The average molecular weight is 314 g/mol. The zero-order chi connectivity index (χ0) is 15.3. The lowest BCUT2D eigenvalue weighted by Gasteiger charge is -2.13. The number of rotatable bonds is 5. The minimum Gasteiger partial charge on any atom is -0.488 e. The third kappa shape index (κ3) is 4.90. The van der Waals surface area contributed by atoms with Gasteiger partial charge in [-0.1, -0.05) is 30.3 Å². The molecule has 21 heavy (non-hydrogen) atoms. The van der Waals surface area contributed by atoms with Gasteiger partial charge in [0.05, 0.1) is 4.90 Å². The molecule has 0 unspecified atom stereocenters. The van der Waals surface area contributed by atoms with Crippen molar-refractivity contribution in [3.63, 3.8) is 0 Å². The zero-order valence-electron chi connectivity index (χ0n) is 11.2. The molecule has 0 aliphatic heterocycles. The summed E-state index contributed by atoms with van der Waals surface area (Å²) in [6, 6.07) is 13.6. The van der Waals surface area contributed by atoms with Gasteiger partial charge in [0.25, 0.3) is 0 Å². The molecule has 0 heterocycles. The Morgan fingerprint density at radius 2 is 1.76 bits per heavy atom. The highest BCUT2D eigenvalue weighted by molar-refractivity contribution is 7.98. The maximum absolute atomic E-state index is 12.2. The van der Waals surface area contributed by atoms with Gasteiger partial charge in [0.2, 0.25) is 0 Å². The van der Waals surface area contributed by atoms with Crippen LogP contribution in [0.15, 0.2) is 53.4 Å². The molecule has 6 heteroatoms. The lowest BCUT2D eigenvalue weighted by molar-refractivity contribution is -0.274. The largest absolute Gasteiger partial charge is 0.573 e. The summed E-state index contributed by atoms with van der Waals surface area (Å²) in [5.74, 6) is 0.278. The summed E-state index contributed by atoms with van der Waals surface area (Å²) in [5, 5.41) is 0. The van der Waals surface area contributed by atoms with Gasteiger partial charge in [-0.2, -0.15) is 0 Å². The standard InChI is InChI=1S/C15H13F3O2S/c1-21-14-9-12(20-15(16,17)18)7-8-13(14)19-10-11-5-3-2-4-6-11/h2-9H,10H2,1H3. The first kappa shape index (κ1) is 15.6. The Labute approximate surface area is 124 Å². The molecule has 2 aromatic carbocycles. The van der Waals surface area contributed by atoms with Crippen LogP contribution in [-0.4, -0.2) is 12.6 Å². The van der Waals surface area contributed by atoms with Crippen molar-refractivity contribution < 1.29 is 22.6 Å². The third-order valence-electron chi connectivity index (χ3n) is 2.61. The Kier molecular flexibility index (Phi) is 5.01. The molecule has 0 atom stereocenters. The molecule has 0 aliphatic carbocycles. The zero-order valence-corrected chi connectivity index (χ0v) is 12.0. The fraction of sp³-hybridized carbons (Fsp3) is 0.200. The summed E-state index contributed by atoms with van der Waals surface area (Å²) >= 11 is 1.30. The van der Waals surface area contributed by atoms with Crippen molar-refractivity contribution in [1.82, 2.24) is 0 Å². The lowest BCUT2D eigenvalue weighted by atomic mass is 10.2. The fourth-order valence-corrected chi connectivity index (χ4v) is 2.26. The quantitative estimate of drug-likeness (QED) is 0.732. The summed E-state index contributed by atoms with van der Waals surface area (Å²) in [6.45, 7) is 0.355. The molecule has 0 aliphatic rings. The van der Waals surface area contributed by atoms with Gasteiger partial charge < -0.3 is 9.47 Å². The molecule has 0 fully saturated rings. The Balaban J connectivity index is 2.09. The molecule has 0 amide bonds. The van der Waals surface area contributed by atoms with Crippen LogP contribution in [0.25, 0.3) is 0 Å². The monoisotopic (exact) mass is 314 g/mol. The molecule has 2 nitrogen and oxygen atoms in total. The summed E-state index contributed by atoms with van der Waals surface area (Å²) in [4.78, 5) is 0.590. The van der Waals surface area contributed by atoms with E-state index >= 15 is 0 Å². The molecule has 0 saturated heterocycles. The van der Waals surface area contributed by atoms with Gasteiger partial charge in [-0.05, 0) is 30.0 Å². The van der Waals surface area contributed by atoms with Crippen LogP contribution in [-0.2, 0) is 6.61 Å². The second-order valence-corrected chi connectivity index (χ2v) is 4.98. The van der Waals surface area contributed by atoms with Gasteiger partial charge in [0.1, 0.15) is 18.1 Å². The summed E-state index contributed by atoms with van der Waals surface area (Å²) < 4.78 is 46.1. The number of hydrogen-bond acceptors (Lipinski definition) is 3. The number of hydrogen-bond donors (Lipinski definition) is 0. The minimum absolute atomic E-state index is 0.251. The topological polar surface area (TPSA) is 18.5 Å². The van der Waals surface area contributed by atoms with E-state index in [1.165, 1.54) is 30.0 Å². The maximum Gasteiger partial charge on any atom is 0.573 e. The molecule has 2 aromatic rings. The van der Waals surface area contributed by atoms with Crippen LogP contribution < -0.4 is 9.47 Å². The van der Waals surface area contributed by atoms with Gasteiger partial charge in [-0.3, -0.25) is 0 Å². The number of halogens is 3. The van der Waals surface area contributed by atoms with Gasteiger partial charge in [-0.15, -0.1) is 24.9 Å². The van der Waals surface area contributed by atoms with Crippen molar-refractivity contribution in [2.24, 2.45) is 0 Å². The SMILES string of the molecule is CSc1cc(OC(F)(F)F)ccc1OCc1ccccc1. The van der Waals surface area contributed by atoms with Crippen molar-refractivity contribution in [2.45, 2.75) is 17.9 Å². The smallest absolute Gasteiger partial charge is 0.488 e. The van der Waals surface area contributed by atoms with E-state index in [4.69, 9.17) is 4.74 Å². The highest BCUT2D eigenvalue weighted by Gasteiger charge is 2.31. The van der Waals surface area contributed by atoms with E-state index in [0.29, 0.717) is 17.3 Å². The predicted octanol–water partition coefficient (Wildman–Crippen LogP) is 4.89. The first-order valence-corrected chi connectivity index (χ1v) is 7.31. The molecule has 112 valence electrons. The van der Waals surface area contributed by atoms with Crippen LogP contribution in [0.4, 0.5) is 13.2 Å². The van der Waals surface area contributed by atoms with Crippen LogP contribution in [0.2, 0.25) is 0 Å². The van der Waals surface area contributed by atoms with E-state index in [9.17, 15) is 13.2 Å². The van der Waals surface area contributed by atoms with Crippen LogP contribution in [0.3, 0.4) is 0 Å². The molecular formula is C15H13F3O2S. The molecular weight excluding hydrogens is 301 g/mol. The molecule has 0 aromatic heterocycles. The molecule has 0 N–H and O–H groups in total. The highest BCUT2D eigenvalue weighted by atomic mass is 32.2. The first-order valence-electron chi connectivity index (χ1n) is 6.08. The highest BCUT2D eigenvalue weighted by Crippen LogP contribution is 2.34. The second kappa shape index (κ2) is 6.76. The average Bonchev–Trinajstić information content (AvgIpc) is 2.45. The Bertz CT molecular complexity index is 585. The van der Waals surface area contributed by atoms with E-state index in [-0.39, 0.29) is 5.75 Å². The molecule has 0 bridgehead atoms. The summed E-state index contributed by atoms with van der Waals surface area (Å²) in [5.41, 5.74) is 0.986.